The molecule has 0 heterocycles. The largest absolute Gasteiger partial charge is 0.480 e. The lowest BCUT2D eigenvalue weighted by Gasteiger charge is -2.09. The molecule has 0 unspecified atom stereocenters. The first-order valence-corrected chi connectivity index (χ1v) is 16.9. The van der Waals surface area contributed by atoms with Crippen molar-refractivity contribution in [3.05, 3.63) is 0 Å². The molecule has 1 N–H and O–H groups in total. The second kappa shape index (κ2) is 40.7. The van der Waals surface area contributed by atoms with Crippen molar-refractivity contribution in [3.63, 3.8) is 0 Å². The molecule has 0 spiro atoms. The lowest BCUT2D eigenvalue weighted by molar-refractivity contribution is -0.145. The highest BCUT2D eigenvalue weighted by Crippen LogP contribution is 2.05. The van der Waals surface area contributed by atoms with Gasteiger partial charge in [-0.25, -0.2) is 4.79 Å². The third-order valence-corrected chi connectivity index (χ3v) is 5.92. The van der Waals surface area contributed by atoms with Crippen LogP contribution in [0.15, 0.2) is 0 Å². The number of unbranched alkanes of at least 4 members (excludes halogenated alkanes) is 4. The highest BCUT2D eigenvalue weighted by Gasteiger charge is 2.02. The van der Waals surface area contributed by atoms with Crippen LogP contribution in [0.5, 0.6) is 0 Å². The highest BCUT2D eigenvalue weighted by molar-refractivity contribution is 5.69. The van der Waals surface area contributed by atoms with E-state index in [0.29, 0.717) is 139 Å². The van der Waals surface area contributed by atoms with Crippen molar-refractivity contribution < 1.29 is 71.5 Å². The van der Waals surface area contributed by atoms with E-state index >= 15 is 0 Å². The van der Waals surface area contributed by atoms with Crippen molar-refractivity contribution in [1.29, 1.82) is 0 Å². The lowest BCUT2D eigenvalue weighted by Crippen LogP contribution is -2.16. The summed E-state index contributed by atoms with van der Waals surface area (Å²) in [6.07, 6.45) is 6.04. The minimum absolute atomic E-state index is 0.153. The van der Waals surface area contributed by atoms with E-state index < -0.39 is 5.97 Å². The van der Waals surface area contributed by atoms with Crippen molar-refractivity contribution in [2.45, 2.75) is 45.4 Å². The van der Waals surface area contributed by atoms with Crippen molar-refractivity contribution in [3.8, 4) is 0 Å². The fraction of sp³-hybridized carbons (Fsp3) is 0.938. The number of carboxylic acid groups (broad SMARTS) is 1. The van der Waals surface area contributed by atoms with Crippen LogP contribution < -0.4 is 0 Å². The van der Waals surface area contributed by atoms with Gasteiger partial charge in [0.1, 0.15) is 13.2 Å². The molecule has 0 amide bonds. The van der Waals surface area contributed by atoms with Crippen LogP contribution in [0, 0.1) is 0 Å². The summed E-state index contributed by atoms with van der Waals surface area (Å²) >= 11 is 0. The number of carbonyl (C=O) groups excluding carboxylic acids is 1. The SMILES string of the molecule is CCCCCCCC(=O)OCCOCCOCCOCCOCCOCCOCCOCCOCCOCCOCCOCC(=O)O. The topological polar surface area (TPSA) is 165 Å². The molecular formula is C32H62O15. The van der Waals surface area contributed by atoms with E-state index in [1.54, 1.807) is 0 Å². The number of rotatable bonds is 41. The molecule has 0 rings (SSSR count). The number of ether oxygens (including phenoxy) is 12. The molecule has 0 bridgehead atoms. The first-order valence-electron chi connectivity index (χ1n) is 16.9. The molecule has 15 nitrogen and oxygen atoms in total. The van der Waals surface area contributed by atoms with Gasteiger partial charge in [-0.15, -0.1) is 0 Å². The smallest absolute Gasteiger partial charge is 0.329 e. The maximum atomic E-state index is 11.6. The van der Waals surface area contributed by atoms with Crippen molar-refractivity contribution in [1.82, 2.24) is 0 Å². The fourth-order valence-electron chi connectivity index (χ4n) is 3.52. The zero-order valence-corrected chi connectivity index (χ0v) is 28.7. The second-order valence-corrected chi connectivity index (χ2v) is 9.95. The molecule has 0 aliphatic heterocycles. The number of hydrogen-bond donors (Lipinski definition) is 1. The first-order chi connectivity index (χ1) is 23.2. The highest BCUT2D eigenvalue weighted by atomic mass is 16.6. The molecule has 280 valence electrons. The monoisotopic (exact) mass is 686 g/mol. The lowest BCUT2D eigenvalue weighted by atomic mass is 10.1. The summed E-state index contributed by atoms with van der Waals surface area (Å²) in [7, 11) is 0. The standard InChI is InChI=1S/C32H62O15/c1-2-3-4-5-6-7-32(35)47-29-28-45-25-24-43-21-20-41-17-16-39-13-12-37-9-8-36-10-11-38-14-15-40-18-19-42-22-23-44-26-27-46-30-31(33)34/h2-30H2,1H3,(H,33,34). The summed E-state index contributed by atoms with van der Waals surface area (Å²) < 4.78 is 64.1. The van der Waals surface area contributed by atoms with E-state index in [1.807, 2.05) is 0 Å². The molecule has 0 fully saturated rings. The van der Waals surface area contributed by atoms with Crippen LogP contribution in [0.3, 0.4) is 0 Å². The molecule has 0 atom stereocenters. The van der Waals surface area contributed by atoms with E-state index in [9.17, 15) is 9.59 Å². The number of hydrogen-bond acceptors (Lipinski definition) is 14. The molecule has 15 heteroatoms. The molecule has 0 radical (unpaired) electrons. The minimum atomic E-state index is -0.998. The minimum Gasteiger partial charge on any atom is -0.480 e. The summed E-state index contributed by atoms with van der Waals surface area (Å²) in [5.41, 5.74) is 0. The van der Waals surface area contributed by atoms with Gasteiger partial charge in [-0.3, -0.25) is 4.79 Å². The van der Waals surface area contributed by atoms with Gasteiger partial charge in [-0.05, 0) is 6.42 Å². The van der Waals surface area contributed by atoms with E-state index in [4.69, 9.17) is 61.9 Å². The predicted octanol–water partition coefficient (Wildman–Crippen LogP) is 2.16. The molecule has 0 aliphatic carbocycles. The van der Waals surface area contributed by atoms with Crippen LogP contribution in [0.1, 0.15) is 45.4 Å². The van der Waals surface area contributed by atoms with Gasteiger partial charge in [0.05, 0.1) is 139 Å². The van der Waals surface area contributed by atoms with Crippen molar-refractivity contribution >= 4 is 11.9 Å². The van der Waals surface area contributed by atoms with Gasteiger partial charge < -0.3 is 61.9 Å². The average molecular weight is 687 g/mol. The van der Waals surface area contributed by atoms with Gasteiger partial charge in [0.25, 0.3) is 0 Å². The van der Waals surface area contributed by atoms with E-state index in [2.05, 4.69) is 6.92 Å². The Morgan fingerprint density at radius 2 is 0.660 bits per heavy atom. The summed E-state index contributed by atoms with van der Waals surface area (Å²) in [6, 6.07) is 0. The Morgan fingerprint density at radius 1 is 0.383 bits per heavy atom. The summed E-state index contributed by atoms with van der Waals surface area (Å²) in [4.78, 5) is 21.9. The average Bonchev–Trinajstić information content (AvgIpc) is 3.06. The van der Waals surface area contributed by atoms with E-state index in [0.717, 1.165) is 12.8 Å². The molecule has 0 aromatic heterocycles. The quantitative estimate of drug-likeness (QED) is 0.0734. The van der Waals surface area contributed by atoms with Crippen molar-refractivity contribution in [2.24, 2.45) is 0 Å². The third-order valence-electron chi connectivity index (χ3n) is 5.92. The van der Waals surface area contributed by atoms with Crippen LogP contribution in [-0.2, 0) is 66.4 Å². The molecule has 0 aromatic carbocycles. The number of carbonyl (C=O) groups is 2. The third kappa shape index (κ3) is 42.5. The number of carboxylic acids is 1. The fourth-order valence-corrected chi connectivity index (χ4v) is 3.52. The maximum Gasteiger partial charge on any atom is 0.329 e. The predicted molar refractivity (Wildman–Crippen MR) is 171 cm³/mol. The van der Waals surface area contributed by atoms with Crippen LogP contribution in [0.4, 0.5) is 0 Å². The zero-order chi connectivity index (χ0) is 34.1. The Morgan fingerprint density at radius 3 is 0.957 bits per heavy atom. The molecule has 47 heavy (non-hydrogen) atoms. The molecule has 0 aromatic rings. The van der Waals surface area contributed by atoms with Crippen LogP contribution in [-0.4, -0.2) is 169 Å². The second-order valence-electron chi connectivity index (χ2n) is 9.95. The van der Waals surface area contributed by atoms with Crippen LogP contribution in [0.25, 0.3) is 0 Å². The van der Waals surface area contributed by atoms with Gasteiger partial charge in [0.2, 0.25) is 0 Å². The zero-order valence-electron chi connectivity index (χ0n) is 28.7. The maximum absolute atomic E-state index is 11.6. The normalized spacial score (nSPS) is 11.3. The summed E-state index contributed by atoms with van der Waals surface area (Å²) in [6.45, 7) is 11.5. The Hall–Kier alpha value is -1.50. The van der Waals surface area contributed by atoms with Crippen LogP contribution >= 0.6 is 0 Å². The Kier molecular flexibility index (Phi) is 39.4. The Labute approximate surface area is 281 Å². The van der Waals surface area contributed by atoms with Gasteiger partial charge >= 0.3 is 11.9 Å². The Bertz CT molecular complexity index is 642. The molecule has 0 saturated heterocycles. The van der Waals surface area contributed by atoms with Gasteiger partial charge in [-0.1, -0.05) is 32.6 Å². The van der Waals surface area contributed by atoms with Gasteiger partial charge in [-0.2, -0.15) is 0 Å². The first kappa shape index (κ1) is 45.5. The number of aliphatic carboxylic acids is 1. The summed E-state index contributed by atoms with van der Waals surface area (Å²) in [5, 5.41) is 8.42. The van der Waals surface area contributed by atoms with E-state index in [-0.39, 0.29) is 25.8 Å². The summed E-state index contributed by atoms with van der Waals surface area (Å²) in [5.74, 6) is -1.15. The Balaban J connectivity index is 3.09. The van der Waals surface area contributed by atoms with Crippen molar-refractivity contribution in [2.75, 3.05) is 152 Å². The van der Waals surface area contributed by atoms with Crippen LogP contribution in [0.2, 0.25) is 0 Å². The molecule has 0 aliphatic rings. The number of esters is 1. The van der Waals surface area contributed by atoms with Gasteiger partial charge in [0.15, 0.2) is 0 Å². The van der Waals surface area contributed by atoms with Gasteiger partial charge in [0, 0.05) is 6.42 Å². The molecular weight excluding hydrogens is 624 g/mol. The van der Waals surface area contributed by atoms with E-state index in [1.165, 1.54) is 19.3 Å². The molecule has 0 saturated carbocycles.